The second-order valence-corrected chi connectivity index (χ2v) is 9.42. The lowest BCUT2D eigenvalue weighted by Crippen LogP contribution is -2.35. The number of hydrogen-bond donors (Lipinski definition) is 1. The van der Waals surface area contributed by atoms with Gasteiger partial charge in [-0.25, -0.2) is 9.59 Å². The van der Waals surface area contributed by atoms with Gasteiger partial charge in [0.1, 0.15) is 0 Å². The van der Waals surface area contributed by atoms with Crippen LogP contribution in [0, 0.1) is 5.41 Å². The van der Waals surface area contributed by atoms with Crippen molar-refractivity contribution in [3.63, 3.8) is 0 Å². The highest BCUT2D eigenvalue weighted by atomic mass is 16.8. The molecule has 3 amide bonds. The second-order valence-electron chi connectivity index (χ2n) is 9.42. The Kier molecular flexibility index (Phi) is 8.24. The fourth-order valence-corrected chi connectivity index (χ4v) is 4.07. The van der Waals surface area contributed by atoms with Crippen LogP contribution < -0.4 is 5.48 Å². The van der Waals surface area contributed by atoms with E-state index >= 15 is 0 Å². The van der Waals surface area contributed by atoms with E-state index in [9.17, 15) is 19.2 Å². The molecule has 35 heavy (non-hydrogen) atoms. The van der Waals surface area contributed by atoms with Crippen LogP contribution in [-0.2, 0) is 28.8 Å². The van der Waals surface area contributed by atoms with E-state index in [0.29, 0.717) is 16.4 Å². The summed E-state index contributed by atoms with van der Waals surface area (Å²) in [5.74, 6) is -1.61. The number of amides is 3. The van der Waals surface area contributed by atoms with Crippen molar-refractivity contribution in [2.24, 2.45) is 5.41 Å². The van der Waals surface area contributed by atoms with Crippen molar-refractivity contribution in [2.45, 2.75) is 46.0 Å². The maximum absolute atomic E-state index is 11.1. The number of rotatable bonds is 5. The van der Waals surface area contributed by atoms with Gasteiger partial charge in [-0.2, -0.15) is 5.48 Å². The van der Waals surface area contributed by atoms with E-state index in [4.69, 9.17) is 0 Å². The number of imide groups is 1. The molecule has 1 aliphatic heterocycles. The Balaban J connectivity index is 0.000000196. The van der Waals surface area contributed by atoms with Crippen LogP contribution in [0.5, 0.6) is 0 Å². The summed E-state index contributed by atoms with van der Waals surface area (Å²) in [4.78, 5) is 52.5. The molecule has 1 saturated heterocycles. The largest absolute Gasteiger partial charge is 0.451 e. The fraction of sp³-hybridized carbons (Fsp3) is 0.385. The van der Waals surface area contributed by atoms with Crippen molar-refractivity contribution >= 4 is 23.9 Å². The van der Waals surface area contributed by atoms with Gasteiger partial charge in [0.15, 0.2) is 6.61 Å². The van der Waals surface area contributed by atoms with Crippen LogP contribution in [0.2, 0.25) is 0 Å². The molecule has 1 heterocycles. The topological polar surface area (TPSA) is 111 Å². The van der Waals surface area contributed by atoms with Gasteiger partial charge in [0.25, 0.3) is 11.8 Å². The van der Waals surface area contributed by atoms with Gasteiger partial charge < -0.3 is 9.57 Å². The average Bonchev–Trinajstić information content (AvgIpc) is 3.30. The highest BCUT2D eigenvalue weighted by Gasteiger charge is 2.33. The van der Waals surface area contributed by atoms with E-state index in [-0.39, 0.29) is 12.8 Å². The van der Waals surface area contributed by atoms with Crippen molar-refractivity contribution < 1.29 is 33.6 Å². The summed E-state index contributed by atoms with van der Waals surface area (Å²) in [5.41, 5.74) is 8.00. The van der Waals surface area contributed by atoms with E-state index in [0.717, 1.165) is 7.11 Å². The summed E-state index contributed by atoms with van der Waals surface area (Å²) in [5, 5.41) is 0.379. The Labute approximate surface area is 204 Å². The molecule has 0 radical (unpaired) electrons. The number of ether oxygens (including phenoxy) is 1. The predicted molar refractivity (Wildman–Crippen MR) is 126 cm³/mol. The van der Waals surface area contributed by atoms with Crippen molar-refractivity contribution in [2.75, 3.05) is 13.7 Å². The lowest BCUT2D eigenvalue weighted by molar-refractivity contribution is -0.201. The van der Waals surface area contributed by atoms with Gasteiger partial charge in [0, 0.05) is 18.8 Å². The highest BCUT2D eigenvalue weighted by molar-refractivity contribution is 6.01. The number of hydroxylamine groups is 3. The first-order chi connectivity index (χ1) is 16.6. The Morgan fingerprint density at radius 3 is 1.94 bits per heavy atom. The standard InChI is InChI=1S/C18H20.C8H10N2O7/c1-18(2,3)12-17-15-10-6-4-8-13(15)14-9-5-7-11-16(14)17;1-15-8(14)9-16-4-7(13)17-10-5(11)2-3-6(10)12/h4-11,17H,12H2,1-3H3;2-4H2,1H3,(H,9,14). The molecule has 0 unspecified atom stereocenters. The molecule has 9 nitrogen and oxygen atoms in total. The van der Waals surface area contributed by atoms with Gasteiger partial charge in [-0.15, -0.1) is 5.06 Å². The first-order valence-electron chi connectivity index (χ1n) is 11.3. The molecule has 1 fully saturated rings. The number of benzene rings is 2. The van der Waals surface area contributed by atoms with Crippen molar-refractivity contribution in [1.29, 1.82) is 0 Å². The Morgan fingerprint density at radius 1 is 0.943 bits per heavy atom. The normalized spacial score (nSPS) is 14.6. The van der Waals surface area contributed by atoms with Crippen LogP contribution in [0.25, 0.3) is 11.1 Å². The summed E-state index contributed by atoms with van der Waals surface area (Å²) < 4.78 is 4.15. The van der Waals surface area contributed by atoms with Crippen molar-refractivity contribution in [1.82, 2.24) is 10.5 Å². The maximum Gasteiger partial charge on any atom is 0.431 e. The number of nitrogens with one attached hydrogen (secondary N) is 1. The van der Waals surface area contributed by atoms with E-state index in [1.54, 1.807) is 5.48 Å². The first-order valence-corrected chi connectivity index (χ1v) is 11.3. The quantitative estimate of drug-likeness (QED) is 0.504. The van der Waals surface area contributed by atoms with Crippen molar-refractivity contribution in [3.8, 4) is 11.1 Å². The lowest BCUT2D eigenvalue weighted by atomic mass is 9.80. The zero-order valence-electron chi connectivity index (χ0n) is 20.3. The smallest absolute Gasteiger partial charge is 0.431 e. The molecule has 0 spiro atoms. The van der Waals surface area contributed by atoms with Gasteiger partial charge in [-0.1, -0.05) is 69.3 Å². The molecule has 9 heteroatoms. The minimum absolute atomic E-state index is 0.00732. The number of hydrogen-bond acceptors (Lipinski definition) is 7. The number of carbonyl (C=O) groups excluding carboxylic acids is 4. The second kappa shape index (κ2) is 11.1. The first kappa shape index (κ1) is 25.9. The molecule has 4 rings (SSSR count). The van der Waals surface area contributed by atoms with Crippen LogP contribution >= 0.6 is 0 Å². The number of methoxy groups -OCH3 is 1. The average molecular weight is 483 g/mol. The molecule has 1 aliphatic carbocycles. The third kappa shape index (κ3) is 6.66. The van der Waals surface area contributed by atoms with Crippen LogP contribution in [0.4, 0.5) is 4.79 Å². The van der Waals surface area contributed by atoms with Gasteiger partial charge in [-0.05, 0) is 34.1 Å². The minimum Gasteiger partial charge on any atom is -0.451 e. The highest BCUT2D eigenvalue weighted by Crippen LogP contribution is 2.48. The number of carbonyl (C=O) groups is 4. The molecule has 0 bridgehead atoms. The molecule has 2 aromatic carbocycles. The number of nitrogens with zero attached hydrogens (tertiary/aromatic N) is 1. The van der Waals surface area contributed by atoms with E-state index in [2.05, 4.69) is 83.7 Å². The molecule has 0 aromatic heterocycles. The monoisotopic (exact) mass is 482 g/mol. The van der Waals surface area contributed by atoms with E-state index in [1.807, 2.05) is 0 Å². The van der Waals surface area contributed by atoms with Crippen LogP contribution in [0.1, 0.15) is 57.1 Å². The molecule has 0 saturated carbocycles. The summed E-state index contributed by atoms with van der Waals surface area (Å²) in [6.07, 6.45) is 0.327. The van der Waals surface area contributed by atoms with Gasteiger partial charge >= 0.3 is 12.1 Å². The van der Waals surface area contributed by atoms with E-state index in [1.165, 1.54) is 28.7 Å². The Bertz CT molecular complexity index is 1050. The van der Waals surface area contributed by atoms with Gasteiger partial charge in [-0.3, -0.25) is 14.4 Å². The SMILES string of the molecule is CC(C)(C)CC1c2ccccc2-c2ccccc21.COC(=O)NOCC(=O)ON1C(=O)CCC1=O. The third-order valence-electron chi connectivity index (χ3n) is 5.51. The summed E-state index contributed by atoms with van der Waals surface area (Å²) in [6, 6.07) is 17.7. The van der Waals surface area contributed by atoms with Crippen LogP contribution in [0.3, 0.4) is 0 Å². The summed E-state index contributed by atoms with van der Waals surface area (Å²) in [6.45, 7) is 6.33. The van der Waals surface area contributed by atoms with Gasteiger partial charge in [0.2, 0.25) is 0 Å². The molecule has 1 N–H and O–H groups in total. The Hall–Kier alpha value is -3.72. The summed E-state index contributed by atoms with van der Waals surface area (Å²) >= 11 is 0. The molecular weight excluding hydrogens is 452 g/mol. The summed E-state index contributed by atoms with van der Waals surface area (Å²) in [7, 11) is 1.11. The van der Waals surface area contributed by atoms with Gasteiger partial charge in [0.05, 0.1) is 7.11 Å². The molecular formula is C26H30N2O7. The zero-order valence-corrected chi connectivity index (χ0v) is 20.3. The van der Waals surface area contributed by atoms with Crippen LogP contribution in [0.15, 0.2) is 48.5 Å². The molecule has 0 atom stereocenters. The minimum atomic E-state index is -0.995. The molecule has 2 aliphatic rings. The number of fused-ring (bicyclic) bond motifs is 3. The lowest BCUT2D eigenvalue weighted by Gasteiger charge is -2.24. The predicted octanol–water partition coefficient (Wildman–Crippen LogP) is 4.12. The maximum atomic E-state index is 11.1. The molecule has 186 valence electrons. The van der Waals surface area contributed by atoms with Crippen molar-refractivity contribution in [3.05, 3.63) is 59.7 Å². The fourth-order valence-electron chi connectivity index (χ4n) is 4.07. The Morgan fingerprint density at radius 2 is 1.46 bits per heavy atom. The zero-order chi connectivity index (χ0) is 25.6. The molecule has 2 aromatic rings. The van der Waals surface area contributed by atoms with Crippen LogP contribution in [-0.4, -0.2) is 42.7 Å². The van der Waals surface area contributed by atoms with E-state index < -0.39 is 30.5 Å². The third-order valence-corrected chi connectivity index (χ3v) is 5.51.